The predicted molar refractivity (Wildman–Crippen MR) is 93.5 cm³/mol. The molecule has 1 unspecified atom stereocenters. The summed E-state index contributed by atoms with van der Waals surface area (Å²) in [4.78, 5) is 22.6. The first kappa shape index (κ1) is 16.6. The Labute approximate surface area is 150 Å². The van der Waals surface area contributed by atoms with Crippen molar-refractivity contribution in [2.45, 2.75) is 38.1 Å². The van der Waals surface area contributed by atoms with Gasteiger partial charge >= 0.3 is 0 Å². The molecule has 2 saturated heterocycles. The SMILES string of the molecule is Cc1nc(C(=O)N2CC3(CC(OCc4ccncc4)CCO3)C2)cs1. The van der Waals surface area contributed by atoms with Crippen LogP contribution in [0.4, 0.5) is 0 Å². The van der Waals surface area contributed by atoms with Gasteiger partial charge in [0.1, 0.15) is 11.3 Å². The van der Waals surface area contributed by atoms with E-state index in [9.17, 15) is 4.79 Å². The van der Waals surface area contributed by atoms with Crippen LogP contribution in [0.5, 0.6) is 0 Å². The van der Waals surface area contributed by atoms with E-state index < -0.39 is 0 Å². The van der Waals surface area contributed by atoms with Crippen molar-refractivity contribution in [1.29, 1.82) is 0 Å². The van der Waals surface area contributed by atoms with Crippen LogP contribution >= 0.6 is 11.3 Å². The topological polar surface area (TPSA) is 64.6 Å². The summed E-state index contributed by atoms with van der Waals surface area (Å²) in [5.74, 6) is -0.00148. The molecule has 2 aliphatic heterocycles. The third-order valence-corrected chi connectivity index (χ3v) is 5.54. The Bertz CT molecular complexity index is 743. The van der Waals surface area contributed by atoms with Gasteiger partial charge in [-0.1, -0.05) is 0 Å². The van der Waals surface area contributed by atoms with Crippen LogP contribution in [0.25, 0.3) is 0 Å². The van der Waals surface area contributed by atoms with Gasteiger partial charge in [-0.2, -0.15) is 0 Å². The van der Waals surface area contributed by atoms with Gasteiger partial charge in [-0.15, -0.1) is 11.3 Å². The molecule has 25 heavy (non-hydrogen) atoms. The molecule has 2 aromatic rings. The Morgan fingerprint density at radius 3 is 2.96 bits per heavy atom. The number of aromatic nitrogens is 2. The summed E-state index contributed by atoms with van der Waals surface area (Å²) < 4.78 is 12.1. The number of amides is 1. The monoisotopic (exact) mass is 359 g/mol. The molecule has 0 radical (unpaired) electrons. The molecule has 1 amide bonds. The van der Waals surface area contributed by atoms with E-state index in [1.54, 1.807) is 12.4 Å². The first-order valence-electron chi connectivity index (χ1n) is 8.49. The molecule has 2 fully saturated rings. The average molecular weight is 359 g/mol. The lowest BCUT2D eigenvalue weighted by Gasteiger charge is -2.52. The summed E-state index contributed by atoms with van der Waals surface area (Å²) in [6.45, 7) is 4.42. The van der Waals surface area contributed by atoms with Crippen molar-refractivity contribution >= 4 is 17.2 Å². The van der Waals surface area contributed by atoms with Gasteiger partial charge in [-0.3, -0.25) is 9.78 Å². The standard InChI is InChI=1S/C18H21N3O3S/c1-13-20-16(10-25-13)17(22)21-11-18(12-21)8-15(4-7-24-18)23-9-14-2-5-19-6-3-14/h2-3,5-6,10,15H,4,7-9,11-12H2,1H3. The minimum absolute atomic E-state index is 0.00148. The summed E-state index contributed by atoms with van der Waals surface area (Å²) in [5.41, 5.74) is 1.42. The molecule has 4 heterocycles. The number of rotatable bonds is 4. The smallest absolute Gasteiger partial charge is 0.273 e. The maximum atomic E-state index is 12.4. The molecule has 0 saturated carbocycles. The van der Waals surface area contributed by atoms with E-state index in [1.165, 1.54) is 11.3 Å². The molecule has 132 valence electrons. The molecular weight excluding hydrogens is 338 g/mol. The molecule has 2 aliphatic rings. The van der Waals surface area contributed by atoms with Gasteiger partial charge in [-0.05, 0) is 31.0 Å². The number of carbonyl (C=O) groups is 1. The Balaban J connectivity index is 1.31. The van der Waals surface area contributed by atoms with Gasteiger partial charge in [0.05, 0.1) is 30.8 Å². The Hall–Kier alpha value is -1.83. The van der Waals surface area contributed by atoms with Crippen molar-refractivity contribution in [3.8, 4) is 0 Å². The van der Waals surface area contributed by atoms with Crippen LogP contribution in [0.3, 0.4) is 0 Å². The lowest BCUT2D eigenvalue weighted by atomic mass is 9.84. The van der Waals surface area contributed by atoms with Crippen molar-refractivity contribution in [1.82, 2.24) is 14.9 Å². The highest BCUT2D eigenvalue weighted by atomic mass is 32.1. The zero-order chi connectivity index (χ0) is 17.3. The molecule has 7 heteroatoms. The number of likely N-dealkylation sites (tertiary alicyclic amines) is 1. The summed E-state index contributed by atoms with van der Waals surface area (Å²) in [6.07, 6.45) is 5.45. The summed E-state index contributed by atoms with van der Waals surface area (Å²) >= 11 is 1.50. The zero-order valence-corrected chi connectivity index (χ0v) is 15.0. The number of aryl methyl sites for hydroxylation is 1. The fourth-order valence-corrected chi connectivity index (χ4v) is 4.04. The van der Waals surface area contributed by atoms with Crippen molar-refractivity contribution in [2.75, 3.05) is 19.7 Å². The van der Waals surface area contributed by atoms with E-state index in [2.05, 4.69) is 9.97 Å². The third-order valence-electron chi connectivity index (χ3n) is 4.77. The average Bonchev–Trinajstić information content (AvgIpc) is 3.05. The van der Waals surface area contributed by atoms with Crippen LogP contribution in [0.15, 0.2) is 29.9 Å². The number of thiazole rings is 1. The quantitative estimate of drug-likeness (QED) is 0.839. The maximum absolute atomic E-state index is 12.4. The van der Waals surface area contributed by atoms with Crippen molar-refractivity contribution in [3.63, 3.8) is 0 Å². The van der Waals surface area contributed by atoms with Crippen LogP contribution in [0, 0.1) is 6.92 Å². The molecule has 0 bridgehead atoms. The van der Waals surface area contributed by atoms with E-state index in [0.29, 0.717) is 32.0 Å². The van der Waals surface area contributed by atoms with Gasteiger partial charge in [0.15, 0.2) is 0 Å². The van der Waals surface area contributed by atoms with E-state index in [0.717, 1.165) is 23.4 Å². The van der Waals surface area contributed by atoms with Gasteiger partial charge in [0.25, 0.3) is 5.91 Å². The van der Waals surface area contributed by atoms with E-state index >= 15 is 0 Å². The Morgan fingerprint density at radius 1 is 1.44 bits per heavy atom. The summed E-state index contributed by atoms with van der Waals surface area (Å²) in [5, 5.41) is 2.74. The van der Waals surface area contributed by atoms with E-state index in [1.807, 2.05) is 29.3 Å². The maximum Gasteiger partial charge on any atom is 0.273 e. The highest BCUT2D eigenvalue weighted by Crippen LogP contribution is 2.36. The normalized spacial score (nSPS) is 22.0. The first-order valence-corrected chi connectivity index (χ1v) is 9.37. The largest absolute Gasteiger partial charge is 0.373 e. The molecule has 4 rings (SSSR count). The molecule has 0 aliphatic carbocycles. The van der Waals surface area contributed by atoms with Crippen LogP contribution in [-0.2, 0) is 16.1 Å². The number of hydrogen-bond donors (Lipinski definition) is 0. The van der Waals surface area contributed by atoms with Crippen LogP contribution in [0.1, 0.15) is 33.9 Å². The van der Waals surface area contributed by atoms with Gasteiger partial charge in [-0.25, -0.2) is 4.98 Å². The molecule has 6 nitrogen and oxygen atoms in total. The minimum atomic E-state index is -0.248. The fourth-order valence-electron chi connectivity index (χ4n) is 3.46. The van der Waals surface area contributed by atoms with Crippen LogP contribution < -0.4 is 0 Å². The number of nitrogens with zero attached hydrogens (tertiary/aromatic N) is 3. The molecule has 1 atom stereocenters. The van der Waals surface area contributed by atoms with Crippen LogP contribution in [-0.4, -0.2) is 52.2 Å². The molecular formula is C18H21N3O3S. The molecule has 0 aromatic carbocycles. The molecule has 1 spiro atoms. The number of hydrogen-bond acceptors (Lipinski definition) is 6. The van der Waals surface area contributed by atoms with Crippen LogP contribution in [0.2, 0.25) is 0 Å². The van der Waals surface area contributed by atoms with Crippen molar-refractivity contribution < 1.29 is 14.3 Å². The lowest BCUT2D eigenvalue weighted by molar-refractivity contribution is -0.188. The first-order chi connectivity index (χ1) is 12.1. The second-order valence-electron chi connectivity index (χ2n) is 6.73. The van der Waals surface area contributed by atoms with E-state index in [4.69, 9.17) is 9.47 Å². The highest BCUT2D eigenvalue weighted by Gasteiger charge is 2.50. The van der Waals surface area contributed by atoms with Crippen molar-refractivity contribution in [2.24, 2.45) is 0 Å². The van der Waals surface area contributed by atoms with Gasteiger partial charge in [0.2, 0.25) is 0 Å². The Morgan fingerprint density at radius 2 is 2.24 bits per heavy atom. The molecule has 0 N–H and O–H groups in total. The number of carbonyl (C=O) groups excluding carboxylic acids is 1. The second kappa shape index (κ2) is 6.82. The Kier molecular flexibility index (Phi) is 4.54. The molecule has 2 aromatic heterocycles. The predicted octanol–water partition coefficient (Wildman–Crippen LogP) is 2.44. The zero-order valence-electron chi connectivity index (χ0n) is 14.2. The van der Waals surface area contributed by atoms with Gasteiger partial charge < -0.3 is 14.4 Å². The fraction of sp³-hybridized carbons (Fsp3) is 0.500. The van der Waals surface area contributed by atoms with E-state index in [-0.39, 0.29) is 17.6 Å². The highest BCUT2D eigenvalue weighted by molar-refractivity contribution is 7.09. The van der Waals surface area contributed by atoms with Gasteiger partial charge in [0, 0.05) is 30.8 Å². The third kappa shape index (κ3) is 3.58. The summed E-state index contributed by atoms with van der Waals surface area (Å²) in [7, 11) is 0. The van der Waals surface area contributed by atoms with Crippen molar-refractivity contribution in [3.05, 3.63) is 46.2 Å². The summed E-state index contributed by atoms with van der Waals surface area (Å²) in [6, 6.07) is 3.93. The number of ether oxygens (including phenoxy) is 2. The number of pyridine rings is 1. The lowest BCUT2D eigenvalue weighted by Crippen LogP contribution is -2.67. The second-order valence-corrected chi connectivity index (χ2v) is 7.79. The minimum Gasteiger partial charge on any atom is -0.373 e.